The van der Waals surface area contributed by atoms with E-state index in [1.54, 1.807) is 0 Å². The number of aryl methyl sites for hydroxylation is 1. The van der Waals surface area contributed by atoms with Gasteiger partial charge in [-0.2, -0.15) is 0 Å². The molecule has 0 spiro atoms. The molecule has 70 valence electrons. The lowest BCUT2D eigenvalue weighted by Crippen LogP contribution is -2.23. The maximum Gasteiger partial charge on any atom is 0.261 e. The van der Waals surface area contributed by atoms with E-state index in [2.05, 4.69) is 11.9 Å². The van der Waals surface area contributed by atoms with Crippen molar-refractivity contribution in [3.8, 4) is 0 Å². The lowest BCUT2D eigenvalue weighted by atomic mass is 10.3. The predicted octanol–water partition coefficient (Wildman–Crippen LogP) is 2.36. The third-order valence-electron chi connectivity index (χ3n) is 1.51. The van der Waals surface area contributed by atoms with Crippen molar-refractivity contribution in [3.05, 3.63) is 34.0 Å². The molecule has 0 aliphatic rings. The number of carbonyl (C=O) groups is 1. The Morgan fingerprint density at radius 2 is 2.31 bits per heavy atom. The molecule has 0 radical (unpaired) electrons. The summed E-state index contributed by atoms with van der Waals surface area (Å²) in [5.74, 6) is -0.0129. The molecule has 13 heavy (non-hydrogen) atoms. The first-order chi connectivity index (χ1) is 6.09. The highest BCUT2D eigenvalue weighted by molar-refractivity contribution is 7.13. The van der Waals surface area contributed by atoms with Crippen molar-refractivity contribution in [1.29, 1.82) is 0 Å². The Hall–Kier alpha value is -1.09. The number of nitrogens with one attached hydrogen (secondary N) is 1. The van der Waals surface area contributed by atoms with Crippen LogP contribution in [-0.2, 0) is 0 Å². The molecule has 0 saturated heterocycles. The van der Waals surface area contributed by atoms with Crippen LogP contribution < -0.4 is 5.32 Å². The van der Waals surface area contributed by atoms with Crippen LogP contribution in [0.4, 0.5) is 0 Å². The van der Waals surface area contributed by atoms with E-state index in [1.807, 2.05) is 26.0 Å². The molecule has 1 N–H and O–H groups in total. The van der Waals surface area contributed by atoms with E-state index in [0.29, 0.717) is 6.54 Å². The van der Waals surface area contributed by atoms with Gasteiger partial charge in [0, 0.05) is 11.4 Å². The van der Waals surface area contributed by atoms with Gasteiger partial charge >= 0.3 is 0 Å². The van der Waals surface area contributed by atoms with Gasteiger partial charge < -0.3 is 5.32 Å². The molecule has 0 bridgehead atoms. The van der Waals surface area contributed by atoms with Gasteiger partial charge in [-0.25, -0.2) is 0 Å². The number of carbonyl (C=O) groups excluding carboxylic acids is 1. The molecule has 3 heteroatoms. The molecule has 0 aromatic carbocycles. The van der Waals surface area contributed by atoms with Crippen molar-refractivity contribution in [3.63, 3.8) is 0 Å². The van der Waals surface area contributed by atoms with Gasteiger partial charge in [0.15, 0.2) is 0 Å². The third kappa shape index (κ3) is 3.03. The molecule has 1 amide bonds. The normalized spacial score (nSPS) is 9.69. The Morgan fingerprint density at radius 3 is 2.77 bits per heavy atom. The standard InChI is InChI=1S/C10H13NOS/c1-7(2)6-11-10(12)9-5-4-8(3)13-9/h4-5H,1,6H2,2-3H3,(H,11,12). The number of hydrogen-bond donors (Lipinski definition) is 1. The van der Waals surface area contributed by atoms with Crippen LogP contribution in [0.15, 0.2) is 24.3 Å². The minimum Gasteiger partial charge on any atom is -0.348 e. The van der Waals surface area contributed by atoms with Gasteiger partial charge in [0.05, 0.1) is 4.88 Å². The quantitative estimate of drug-likeness (QED) is 0.737. The fourth-order valence-corrected chi connectivity index (χ4v) is 1.66. The monoisotopic (exact) mass is 195 g/mol. The van der Waals surface area contributed by atoms with E-state index in [9.17, 15) is 4.79 Å². The average molecular weight is 195 g/mol. The van der Waals surface area contributed by atoms with E-state index in [0.717, 1.165) is 15.3 Å². The summed E-state index contributed by atoms with van der Waals surface area (Å²) in [5.41, 5.74) is 0.960. The first-order valence-corrected chi connectivity index (χ1v) is 4.90. The Kier molecular flexibility index (Phi) is 3.25. The van der Waals surface area contributed by atoms with Gasteiger partial charge in [-0.15, -0.1) is 11.3 Å². The van der Waals surface area contributed by atoms with E-state index >= 15 is 0 Å². The molecule has 0 unspecified atom stereocenters. The molecule has 0 aliphatic carbocycles. The summed E-state index contributed by atoms with van der Waals surface area (Å²) >= 11 is 1.51. The van der Waals surface area contributed by atoms with Crippen LogP contribution in [0.5, 0.6) is 0 Å². The minimum atomic E-state index is -0.0129. The van der Waals surface area contributed by atoms with Crippen molar-refractivity contribution >= 4 is 17.2 Å². The van der Waals surface area contributed by atoms with Crippen LogP contribution in [0, 0.1) is 6.92 Å². The SMILES string of the molecule is C=C(C)CNC(=O)c1ccc(C)s1. The molecule has 1 aromatic heterocycles. The van der Waals surface area contributed by atoms with E-state index < -0.39 is 0 Å². The van der Waals surface area contributed by atoms with Crippen LogP contribution in [0.2, 0.25) is 0 Å². The molecule has 0 aliphatic heterocycles. The Labute approximate surface area is 82.3 Å². The second-order valence-electron chi connectivity index (χ2n) is 3.05. The van der Waals surface area contributed by atoms with Crippen LogP contribution in [0.25, 0.3) is 0 Å². The first kappa shape index (κ1) is 9.99. The summed E-state index contributed by atoms with van der Waals surface area (Å²) in [4.78, 5) is 13.3. The molecule has 1 rings (SSSR count). The Bertz CT molecular complexity index is 327. The van der Waals surface area contributed by atoms with Crippen molar-refractivity contribution < 1.29 is 4.79 Å². The minimum absolute atomic E-state index is 0.0129. The van der Waals surface area contributed by atoms with Crippen molar-refractivity contribution in [2.45, 2.75) is 13.8 Å². The third-order valence-corrected chi connectivity index (χ3v) is 2.51. The Morgan fingerprint density at radius 1 is 1.62 bits per heavy atom. The van der Waals surface area contributed by atoms with Gasteiger partial charge in [0.25, 0.3) is 5.91 Å². The smallest absolute Gasteiger partial charge is 0.261 e. The second-order valence-corrected chi connectivity index (χ2v) is 4.34. The summed E-state index contributed by atoms with van der Waals surface area (Å²) in [7, 11) is 0. The molecule has 0 saturated carbocycles. The maximum absolute atomic E-state index is 11.4. The molecular formula is C10H13NOS. The van der Waals surface area contributed by atoms with Crippen LogP contribution >= 0.6 is 11.3 Å². The first-order valence-electron chi connectivity index (χ1n) is 4.08. The fourth-order valence-electron chi connectivity index (χ4n) is 0.875. The molecule has 0 fully saturated rings. The molecule has 2 nitrogen and oxygen atoms in total. The maximum atomic E-state index is 11.4. The lowest BCUT2D eigenvalue weighted by Gasteiger charge is -2.01. The zero-order chi connectivity index (χ0) is 9.84. The van der Waals surface area contributed by atoms with Gasteiger partial charge in [-0.05, 0) is 26.0 Å². The van der Waals surface area contributed by atoms with E-state index in [4.69, 9.17) is 0 Å². The largest absolute Gasteiger partial charge is 0.348 e. The highest BCUT2D eigenvalue weighted by atomic mass is 32.1. The summed E-state index contributed by atoms with van der Waals surface area (Å²) in [5, 5.41) is 2.78. The molecular weight excluding hydrogens is 182 g/mol. The Balaban J connectivity index is 2.54. The van der Waals surface area contributed by atoms with Gasteiger partial charge in [-0.1, -0.05) is 12.2 Å². The zero-order valence-electron chi connectivity index (χ0n) is 7.89. The van der Waals surface area contributed by atoms with E-state index in [1.165, 1.54) is 11.3 Å². The van der Waals surface area contributed by atoms with E-state index in [-0.39, 0.29) is 5.91 Å². The average Bonchev–Trinajstić information content (AvgIpc) is 2.47. The molecule has 1 heterocycles. The second kappa shape index (κ2) is 4.23. The van der Waals surface area contributed by atoms with Crippen LogP contribution in [-0.4, -0.2) is 12.5 Å². The highest BCUT2D eigenvalue weighted by Crippen LogP contribution is 2.14. The van der Waals surface area contributed by atoms with Gasteiger partial charge in [-0.3, -0.25) is 4.79 Å². The summed E-state index contributed by atoms with van der Waals surface area (Å²) in [6, 6.07) is 3.79. The number of hydrogen-bond acceptors (Lipinski definition) is 2. The van der Waals surface area contributed by atoms with Crippen LogP contribution in [0.3, 0.4) is 0 Å². The summed E-state index contributed by atoms with van der Waals surface area (Å²) in [6.07, 6.45) is 0. The number of thiophene rings is 1. The van der Waals surface area contributed by atoms with Gasteiger partial charge in [0.2, 0.25) is 0 Å². The van der Waals surface area contributed by atoms with Crippen molar-refractivity contribution in [2.75, 3.05) is 6.54 Å². The van der Waals surface area contributed by atoms with Gasteiger partial charge in [0.1, 0.15) is 0 Å². The predicted molar refractivity (Wildman–Crippen MR) is 56.2 cm³/mol. The summed E-state index contributed by atoms with van der Waals surface area (Å²) < 4.78 is 0. The topological polar surface area (TPSA) is 29.1 Å². The summed E-state index contributed by atoms with van der Waals surface area (Å²) in [6.45, 7) is 8.14. The van der Waals surface area contributed by atoms with Crippen molar-refractivity contribution in [1.82, 2.24) is 5.32 Å². The van der Waals surface area contributed by atoms with Crippen LogP contribution in [0.1, 0.15) is 21.5 Å². The molecule has 1 aromatic rings. The fraction of sp³-hybridized carbons (Fsp3) is 0.300. The number of rotatable bonds is 3. The number of amides is 1. The highest BCUT2D eigenvalue weighted by Gasteiger charge is 2.06. The zero-order valence-corrected chi connectivity index (χ0v) is 8.70. The molecule has 0 atom stereocenters. The van der Waals surface area contributed by atoms with Crippen molar-refractivity contribution in [2.24, 2.45) is 0 Å². The lowest BCUT2D eigenvalue weighted by molar-refractivity contribution is 0.0961.